The summed E-state index contributed by atoms with van der Waals surface area (Å²) in [6.45, 7) is 5.92. The van der Waals surface area contributed by atoms with Crippen LogP contribution in [0.25, 0.3) is 0 Å². The minimum Gasteiger partial charge on any atom is -0.390 e. The number of carbonyl (C=O) groups is 1. The molecular weight excluding hydrogens is 342 g/mol. The van der Waals surface area contributed by atoms with Crippen molar-refractivity contribution < 1.29 is 14.6 Å². The topological polar surface area (TPSA) is 56.2 Å². The zero-order valence-electron chi connectivity index (χ0n) is 16.6. The lowest BCUT2D eigenvalue weighted by Crippen LogP contribution is -2.50. The molecule has 2 saturated heterocycles. The molecule has 2 fully saturated rings. The van der Waals surface area contributed by atoms with Crippen LogP contribution in [0.5, 0.6) is 0 Å². The molecule has 1 aromatic carbocycles. The molecular formula is C21H33N3O3. The van der Waals surface area contributed by atoms with Crippen LogP contribution < -0.4 is 0 Å². The summed E-state index contributed by atoms with van der Waals surface area (Å²) in [7, 11) is 3.93. The van der Waals surface area contributed by atoms with Crippen LogP contribution in [0.2, 0.25) is 0 Å². The van der Waals surface area contributed by atoms with Gasteiger partial charge in [-0.1, -0.05) is 30.3 Å². The van der Waals surface area contributed by atoms with Crippen LogP contribution in [0.3, 0.4) is 0 Å². The fraction of sp³-hybridized carbons (Fsp3) is 0.667. The Morgan fingerprint density at radius 3 is 2.59 bits per heavy atom. The Hall–Kier alpha value is -1.47. The second-order valence-electron chi connectivity index (χ2n) is 7.94. The first-order valence-electron chi connectivity index (χ1n) is 10.1. The van der Waals surface area contributed by atoms with Crippen molar-refractivity contribution in [2.75, 3.05) is 46.8 Å². The van der Waals surface area contributed by atoms with Crippen LogP contribution in [-0.2, 0) is 16.1 Å². The Kier molecular flexibility index (Phi) is 7.24. The molecule has 1 aromatic rings. The lowest BCUT2D eigenvalue weighted by atomic mass is 9.98. The number of aliphatic hydroxyl groups is 1. The van der Waals surface area contributed by atoms with E-state index >= 15 is 0 Å². The molecule has 1 N–H and O–H groups in total. The maximum absolute atomic E-state index is 12.8. The standard InChI is InChI=1S/C21H33N3O3/c1-22-12-14-24(15-13-22)11-10-18-8-9-19(25)20(27-18)21(26)23(2)16-17-6-4-3-5-7-17/h3-7,18-20,25H,8-16H2,1-2H3/t18-,19-,20-/m0/s1. The summed E-state index contributed by atoms with van der Waals surface area (Å²) in [6, 6.07) is 9.90. The molecule has 0 spiro atoms. The molecule has 0 aromatic heterocycles. The number of amides is 1. The number of piperazine rings is 1. The van der Waals surface area contributed by atoms with Gasteiger partial charge in [0.1, 0.15) is 0 Å². The number of aliphatic hydroxyl groups excluding tert-OH is 1. The molecule has 6 heteroatoms. The summed E-state index contributed by atoms with van der Waals surface area (Å²) in [5, 5.41) is 10.3. The van der Waals surface area contributed by atoms with Gasteiger partial charge in [-0.25, -0.2) is 0 Å². The van der Waals surface area contributed by atoms with Crippen molar-refractivity contribution in [1.29, 1.82) is 0 Å². The third kappa shape index (κ3) is 5.75. The number of carbonyl (C=O) groups excluding carboxylic acids is 1. The number of ether oxygens (including phenoxy) is 1. The molecule has 6 nitrogen and oxygen atoms in total. The molecule has 0 unspecified atom stereocenters. The highest BCUT2D eigenvalue weighted by Gasteiger charge is 2.36. The van der Waals surface area contributed by atoms with E-state index in [2.05, 4.69) is 16.8 Å². The van der Waals surface area contributed by atoms with Gasteiger partial charge in [-0.3, -0.25) is 4.79 Å². The van der Waals surface area contributed by atoms with Crippen LogP contribution in [0.15, 0.2) is 30.3 Å². The summed E-state index contributed by atoms with van der Waals surface area (Å²) < 4.78 is 6.05. The molecule has 3 atom stereocenters. The smallest absolute Gasteiger partial charge is 0.254 e. The van der Waals surface area contributed by atoms with Crippen molar-refractivity contribution >= 4 is 5.91 Å². The lowest BCUT2D eigenvalue weighted by molar-refractivity contribution is -0.168. The Bertz CT molecular complexity index is 590. The second-order valence-corrected chi connectivity index (χ2v) is 7.94. The van der Waals surface area contributed by atoms with Crippen LogP contribution in [0.4, 0.5) is 0 Å². The number of likely N-dealkylation sites (N-methyl/N-ethyl adjacent to an activating group) is 2. The first-order valence-corrected chi connectivity index (χ1v) is 10.1. The monoisotopic (exact) mass is 375 g/mol. The molecule has 150 valence electrons. The third-order valence-electron chi connectivity index (χ3n) is 5.72. The molecule has 0 saturated carbocycles. The minimum absolute atomic E-state index is 0.0483. The fourth-order valence-corrected chi connectivity index (χ4v) is 3.86. The van der Waals surface area contributed by atoms with E-state index in [1.54, 1.807) is 11.9 Å². The van der Waals surface area contributed by atoms with E-state index in [0.29, 0.717) is 13.0 Å². The number of hydrogen-bond donors (Lipinski definition) is 1. The van der Waals surface area contributed by atoms with Gasteiger partial charge in [0, 0.05) is 46.3 Å². The van der Waals surface area contributed by atoms with E-state index in [9.17, 15) is 9.90 Å². The average Bonchev–Trinajstić information content (AvgIpc) is 2.69. The number of benzene rings is 1. The molecule has 2 aliphatic rings. The molecule has 0 aliphatic carbocycles. The maximum Gasteiger partial charge on any atom is 0.254 e. The summed E-state index contributed by atoms with van der Waals surface area (Å²) >= 11 is 0. The summed E-state index contributed by atoms with van der Waals surface area (Å²) in [5.74, 6) is -0.129. The van der Waals surface area contributed by atoms with Crippen molar-refractivity contribution in [2.24, 2.45) is 0 Å². The van der Waals surface area contributed by atoms with E-state index in [1.165, 1.54) is 0 Å². The van der Waals surface area contributed by atoms with Gasteiger partial charge in [-0.15, -0.1) is 0 Å². The van der Waals surface area contributed by atoms with E-state index in [0.717, 1.165) is 51.1 Å². The number of hydrogen-bond acceptors (Lipinski definition) is 5. The number of rotatable bonds is 6. The highest BCUT2D eigenvalue weighted by molar-refractivity contribution is 5.81. The molecule has 0 radical (unpaired) electrons. The fourth-order valence-electron chi connectivity index (χ4n) is 3.86. The van der Waals surface area contributed by atoms with Gasteiger partial charge in [0.2, 0.25) is 0 Å². The van der Waals surface area contributed by atoms with E-state index in [-0.39, 0.29) is 12.0 Å². The van der Waals surface area contributed by atoms with Crippen LogP contribution in [-0.4, -0.2) is 90.8 Å². The molecule has 1 amide bonds. The summed E-state index contributed by atoms with van der Waals surface area (Å²) in [5.41, 5.74) is 1.07. The number of nitrogens with zero attached hydrogens (tertiary/aromatic N) is 3. The van der Waals surface area contributed by atoms with Crippen LogP contribution in [0.1, 0.15) is 24.8 Å². The third-order valence-corrected chi connectivity index (χ3v) is 5.72. The van der Waals surface area contributed by atoms with E-state index in [1.807, 2.05) is 30.3 Å². The molecule has 27 heavy (non-hydrogen) atoms. The lowest BCUT2D eigenvalue weighted by Gasteiger charge is -2.37. The van der Waals surface area contributed by atoms with Crippen LogP contribution >= 0.6 is 0 Å². The van der Waals surface area contributed by atoms with E-state index < -0.39 is 12.2 Å². The SMILES string of the molecule is CN1CCN(CC[C@@H]2CC[C@H](O)[C@@H](C(=O)N(C)Cc3ccccc3)O2)CC1. The van der Waals surface area contributed by atoms with Crippen molar-refractivity contribution in [3.05, 3.63) is 35.9 Å². The van der Waals surface area contributed by atoms with Crippen molar-refractivity contribution in [3.8, 4) is 0 Å². The predicted octanol–water partition coefficient (Wildman–Crippen LogP) is 1.19. The van der Waals surface area contributed by atoms with Gasteiger partial charge in [0.05, 0.1) is 12.2 Å². The highest BCUT2D eigenvalue weighted by Crippen LogP contribution is 2.24. The van der Waals surface area contributed by atoms with Gasteiger partial charge in [-0.05, 0) is 31.9 Å². The van der Waals surface area contributed by atoms with Crippen molar-refractivity contribution in [1.82, 2.24) is 14.7 Å². The summed E-state index contributed by atoms with van der Waals surface area (Å²) in [6.07, 6.45) is 0.958. The Morgan fingerprint density at radius 2 is 1.89 bits per heavy atom. The molecule has 0 bridgehead atoms. The quantitative estimate of drug-likeness (QED) is 0.810. The Morgan fingerprint density at radius 1 is 1.19 bits per heavy atom. The summed E-state index contributed by atoms with van der Waals surface area (Å²) in [4.78, 5) is 19.3. The maximum atomic E-state index is 12.8. The second kappa shape index (κ2) is 9.64. The van der Waals surface area contributed by atoms with Gasteiger partial charge < -0.3 is 24.5 Å². The highest BCUT2D eigenvalue weighted by atomic mass is 16.5. The van der Waals surface area contributed by atoms with Crippen LogP contribution in [0, 0.1) is 0 Å². The van der Waals surface area contributed by atoms with Crippen molar-refractivity contribution in [2.45, 2.75) is 44.1 Å². The largest absolute Gasteiger partial charge is 0.390 e. The molecule has 2 heterocycles. The zero-order chi connectivity index (χ0) is 19.2. The van der Waals surface area contributed by atoms with E-state index in [4.69, 9.17) is 4.74 Å². The normalized spacial score (nSPS) is 27.4. The Balaban J connectivity index is 1.49. The minimum atomic E-state index is -0.745. The van der Waals surface area contributed by atoms with Gasteiger partial charge >= 0.3 is 0 Å². The first-order chi connectivity index (χ1) is 13.0. The first kappa shape index (κ1) is 20.3. The van der Waals surface area contributed by atoms with Crippen molar-refractivity contribution in [3.63, 3.8) is 0 Å². The van der Waals surface area contributed by atoms with Gasteiger partial charge in [0.15, 0.2) is 6.10 Å². The van der Waals surface area contributed by atoms with Gasteiger partial charge in [-0.2, -0.15) is 0 Å². The predicted molar refractivity (Wildman–Crippen MR) is 105 cm³/mol. The van der Waals surface area contributed by atoms with Gasteiger partial charge in [0.25, 0.3) is 5.91 Å². The average molecular weight is 376 g/mol. The molecule has 2 aliphatic heterocycles. The Labute approximate surface area is 162 Å². The zero-order valence-corrected chi connectivity index (χ0v) is 16.6. The molecule has 3 rings (SSSR count).